The highest BCUT2D eigenvalue weighted by Crippen LogP contribution is 2.40. The largest absolute Gasteiger partial charge is 0.496 e. The summed E-state index contributed by atoms with van der Waals surface area (Å²) in [5.41, 5.74) is 2.71. The van der Waals surface area contributed by atoms with Crippen LogP contribution in [0.3, 0.4) is 0 Å². The van der Waals surface area contributed by atoms with Crippen LogP contribution >= 0.6 is 0 Å². The first-order chi connectivity index (χ1) is 15.9. The Balaban J connectivity index is 1.58. The summed E-state index contributed by atoms with van der Waals surface area (Å²) in [5.74, 6) is 0.478. The highest BCUT2D eigenvalue weighted by atomic mass is 16.6. The van der Waals surface area contributed by atoms with Crippen molar-refractivity contribution in [1.82, 2.24) is 5.32 Å². The lowest BCUT2D eigenvalue weighted by molar-refractivity contribution is -0.384. The van der Waals surface area contributed by atoms with Gasteiger partial charge in [-0.2, -0.15) is 0 Å². The van der Waals surface area contributed by atoms with E-state index in [-0.39, 0.29) is 17.0 Å². The highest BCUT2D eigenvalue weighted by Gasteiger charge is 2.37. The molecule has 2 aliphatic heterocycles. The van der Waals surface area contributed by atoms with E-state index < -0.39 is 4.92 Å². The van der Waals surface area contributed by atoms with Gasteiger partial charge in [-0.25, -0.2) is 0 Å². The quantitative estimate of drug-likeness (QED) is 0.503. The zero-order valence-corrected chi connectivity index (χ0v) is 19.3. The molecule has 2 saturated heterocycles. The van der Waals surface area contributed by atoms with Crippen LogP contribution in [0.2, 0.25) is 0 Å². The number of hydrogen-bond acceptors (Lipinski definition) is 6. The van der Waals surface area contributed by atoms with E-state index in [0.29, 0.717) is 31.0 Å². The molecule has 0 aliphatic carbocycles. The molecule has 0 bridgehead atoms. The molecular weight excluding hydrogens is 422 g/mol. The van der Waals surface area contributed by atoms with Gasteiger partial charge in [0.05, 0.1) is 12.0 Å². The molecule has 1 amide bonds. The number of rotatable bonds is 7. The van der Waals surface area contributed by atoms with Crippen LogP contribution in [0.25, 0.3) is 0 Å². The van der Waals surface area contributed by atoms with E-state index in [9.17, 15) is 14.9 Å². The van der Waals surface area contributed by atoms with Gasteiger partial charge in [-0.05, 0) is 50.8 Å². The maximum Gasteiger partial charge on any atom is 0.293 e. The average molecular weight is 454 g/mol. The van der Waals surface area contributed by atoms with Gasteiger partial charge < -0.3 is 19.7 Å². The minimum atomic E-state index is -0.401. The standard InChI is InChI=1S/C25H31N3O5/c1-18-5-8-23(32-2)20(15-18)25(9-13-33-14-10-25)17-26-24(29)19-6-7-21(22(16-19)28(30)31)27-11-3-4-12-27/h5-8,15-16H,3-4,9-14,17H2,1-2H3,(H,26,29). The van der Waals surface area contributed by atoms with E-state index in [4.69, 9.17) is 9.47 Å². The van der Waals surface area contributed by atoms with Crippen molar-refractivity contribution in [3.63, 3.8) is 0 Å². The molecule has 2 fully saturated rings. The first kappa shape index (κ1) is 23.0. The third-order valence-corrected chi connectivity index (χ3v) is 6.84. The first-order valence-corrected chi connectivity index (χ1v) is 11.5. The van der Waals surface area contributed by atoms with Crippen molar-refractivity contribution in [3.8, 4) is 5.75 Å². The molecule has 2 heterocycles. The fraction of sp³-hybridized carbons (Fsp3) is 0.480. The second-order valence-electron chi connectivity index (χ2n) is 8.93. The van der Waals surface area contributed by atoms with Crippen molar-refractivity contribution in [2.45, 2.75) is 38.0 Å². The Kier molecular flexibility index (Phi) is 6.83. The van der Waals surface area contributed by atoms with Crippen molar-refractivity contribution in [3.05, 3.63) is 63.2 Å². The summed E-state index contributed by atoms with van der Waals surface area (Å²) in [6.07, 6.45) is 3.55. The third-order valence-electron chi connectivity index (χ3n) is 6.84. The second-order valence-corrected chi connectivity index (χ2v) is 8.93. The Morgan fingerprint density at radius 1 is 1.18 bits per heavy atom. The minimum absolute atomic E-state index is 0.0225. The van der Waals surface area contributed by atoms with Crippen LogP contribution in [0.4, 0.5) is 11.4 Å². The van der Waals surface area contributed by atoms with Crippen LogP contribution in [0.1, 0.15) is 47.2 Å². The number of nitrogens with one attached hydrogen (secondary N) is 1. The number of hydrogen-bond donors (Lipinski definition) is 1. The molecule has 2 aliphatic rings. The van der Waals surface area contributed by atoms with Crippen LogP contribution in [-0.4, -0.2) is 50.8 Å². The molecule has 1 N–H and O–H groups in total. The molecule has 0 saturated carbocycles. The fourth-order valence-electron chi connectivity index (χ4n) is 4.93. The third kappa shape index (κ3) is 4.80. The van der Waals surface area contributed by atoms with Gasteiger partial charge in [0.25, 0.3) is 11.6 Å². The summed E-state index contributed by atoms with van der Waals surface area (Å²) >= 11 is 0. The Labute approximate surface area is 194 Å². The van der Waals surface area contributed by atoms with Gasteiger partial charge in [0.2, 0.25) is 0 Å². The normalized spacial score (nSPS) is 17.6. The number of nitro groups is 1. The minimum Gasteiger partial charge on any atom is -0.496 e. The summed E-state index contributed by atoms with van der Waals surface area (Å²) in [6, 6.07) is 10.9. The van der Waals surface area contributed by atoms with Gasteiger partial charge in [0, 0.05) is 55.5 Å². The molecule has 2 aromatic carbocycles. The highest BCUT2D eigenvalue weighted by molar-refractivity contribution is 5.95. The summed E-state index contributed by atoms with van der Waals surface area (Å²) in [6.45, 7) is 5.24. The van der Waals surface area contributed by atoms with Gasteiger partial charge in [-0.15, -0.1) is 0 Å². The smallest absolute Gasteiger partial charge is 0.293 e. The molecule has 4 rings (SSSR count). The van der Waals surface area contributed by atoms with E-state index in [0.717, 1.165) is 55.6 Å². The van der Waals surface area contributed by atoms with Crippen molar-refractivity contribution >= 4 is 17.3 Å². The maximum absolute atomic E-state index is 13.1. The lowest BCUT2D eigenvalue weighted by Gasteiger charge is -2.38. The monoisotopic (exact) mass is 453 g/mol. The molecule has 0 spiro atoms. The number of aryl methyl sites for hydroxylation is 1. The van der Waals surface area contributed by atoms with Crippen molar-refractivity contribution < 1.29 is 19.2 Å². The number of carbonyl (C=O) groups is 1. The van der Waals surface area contributed by atoms with E-state index in [2.05, 4.69) is 11.4 Å². The predicted octanol–water partition coefficient (Wildman–Crippen LogP) is 3.99. The number of nitro benzene ring substituents is 1. The maximum atomic E-state index is 13.1. The SMILES string of the molecule is COc1ccc(C)cc1C1(CNC(=O)c2ccc(N3CCCC3)c([N+](=O)[O-])c2)CCOCC1. The Morgan fingerprint density at radius 3 is 2.58 bits per heavy atom. The molecular formula is C25H31N3O5. The number of benzene rings is 2. The van der Waals surface area contributed by atoms with Gasteiger partial charge in [-0.1, -0.05) is 17.7 Å². The molecule has 0 aromatic heterocycles. The van der Waals surface area contributed by atoms with Crippen LogP contribution in [0.15, 0.2) is 36.4 Å². The van der Waals surface area contributed by atoms with Crippen molar-refractivity contribution in [2.24, 2.45) is 0 Å². The van der Waals surface area contributed by atoms with E-state index in [1.807, 2.05) is 24.0 Å². The molecule has 0 atom stereocenters. The average Bonchev–Trinajstić information content (AvgIpc) is 3.37. The predicted molar refractivity (Wildman–Crippen MR) is 126 cm³/mol. The van der Waals surface area contributed by atoms with E-state index in [1.165, 1.54) is 6.07 Å². The summed E-state index contributed by atoms with van der Waals surface area (Å²) in [7, 11) is 1.65. The molecule has 8 nitrogen and oxygen atoms in total. The molecule has 0 radical (unpaired) electrons. The number of ether oxygens (including phenoxy) is 2. The van der Waals surface area contributed by atoms with Gasteiger partial charge >= 0.3 is 0 Å². The van der Waals surface area contributed by atoms with E-state index in [1.54, 1.807) is 19.2 Å². The molecule has 8 heteroatoms. The Morgan fingerprint density at radius 2 is 1.91 bits per heavy atom. The number of methoxy groups -OCH3 is 1. The number of amides is 1. The molecule has 176 valence electrons. The van der Waals surface area contributed by atoms with Gasteiger partial charge in [0.1, 0.15) is 11.4 Å². The molecule has 2 aromatic rings. The van der Waals surface area contributed by atoms with Crippen LogP contribution in [0.5, 0.6) is 5.75 Å². The van der Waals surface area contributed by atoms with Crippen LogP contribution in [-0.2, 0) is 10.2 Å². The summed E-state index contributed by atoms with van der Waals surface area (Å²) < 4.78 is 11.3. The zero-order valence-electron chi connectivity index (χ0n) is 19.3. The number of nitrogens with zero attached hydrogens (tertiary/aromatic N) is 2. The number of anilines is 1. The summed E-state index contributed by atoms with van der Waals surface area (Å²) in [5, 5.41) is 14.8. The topological polar surface area (TPSA) is 93.9 Å². The Bertz CT molecular complexity index is 1030. The van der Waals surface area contributed by atoms with Crippen molar-refractivity contribution in [2.75, 3.05) is 44.9 Å². The lowest BCUT2D eigenvalue weighted by atomic mass is 9.73. The van der Waals surface area contributed by atoms with Crippen molar-refractivity contribution in [1.29, 1.82) is 0 Å². The molecule has 33 heavy (non-hydrogen) atoms. The van der Waals surface area contributed by atoms with Gasteiger partial charge in [0.15, 0.2) is 0 Å². The summed E-state index contributed by atoms with van der Waals surface area (Å²) in [4.78, 5) is 26.4. The Hall–Kier alpha value is -3.13. The zero-order chi connectivity index (χ0) is 23.4. The van der Waals surface area contributed by atoms with Crippen LogP contribution < -0.4 is 15.0 Å². The fourth-order valence-corrected chi connectivity index (χ4v) is 4.93. The van der Waals surface area contributed by atoms with Crippen LogP contribution in [0, 0.1) is 17.0 Å². The second kappa shape index (κ2) is 9.79. The molecule has 0 unspecified atom stereocenters. The first-order valence-electron chi connectivity index (χ1n) is 11.5. The van der Waals surface area contributed by atoms with E-state index >= 15 is 0 Å². The number of carbonyl (C=O) groups excluding carboxylic acids is 1. The van der Waals surface area contributed by atoms with Gasteiger partial charge in [-0.3, -0.25) is 14.9 Å². The lowest BCUT2D eigenvalue weighted by Crippen LogP contribution is -2.44.